The number of hydrogen-bond acceptors (Lipinski definition) is 17. The lowest BCUT2D eigenvalue weighted by molar-refractivity contribution is -0.296. The normalized spacial score (nSPS) is 18.1. The number of benzene rings is 4. The molecule has 0 saturated heterocycles. The summed E-state index contributed by atoms with van der Waals surface area (Å²) in [6.45, 7) is 13.7. The molecule has 6 aromatic rings. The Kier molecular flexibility index (Phi) is 23.2. The molecule has 2 aliphatic carbocycles. The van der Waals surface area contributed by atoms with E-state index in [1.807, 2.05) is 72.8 Å². The van der Waals surface area contributed by atoms with Crippen molar-refractivity contribution in [1.82, 2.24) is 4.98 Å². The number of nitrogens with zero attached hydrogens (tertiary/aromatic N) is 1. The van der Waals surface area contributed by atoms with Crippen LogP contribution in [0.15, 0.2) is 109 Å². The lowest BCUT2D eigenvalue weighted by atomic mass is 9.78. The molecule has 0 spiro atoms. The summed E-state index contributed by atoms with van der Waals surface area (Å²) in [5.74, 6) is 3.08. The maximum absolute atomic E-state index is 11.2. The molecule has 0 bridgehead atoms. The SMILES string of the molecule is C=CC(=O)OCCCCCCOc1ccc(OOCC2CCC(C(OO)c3ccc(OOCC4CCC(C(OO)c5ccc(OCCCCCCOC(=O)C=C)cc5)CC4)c4nc(-c5cc6c(C)cc(C)cc6o5)sc34)CC2)cc1. The number of unbranched alkanes of at least 4 members (excludes halogenated alkanes) is 6. The Labute approximate surface area is 472 Å². The second-order valence-corrected chi connectivity index (χ2v) is 22.1. The molecule has 80 heavy (non-hydrogen) atoms. The maximum atomic E-state index is 11.2. The zero-order chi connectivity index (χ0) is 56.1. The Bertz CT molecular complexity index is 2880. The van der Waals surface area contributed by atoms with E-state index in [0.717, 1.165) is 152 Å². The first-order valence-corrected chi connectivity index (χ1v) is 29.1. The van der Waals surface area contributed by atoms with Crippen LogP contribution in [0, 0.1) is 37.5 Å². The molecule has 2 aliphatic rings. The van der Waals surface area contributed by atoms with Crippen LogP contribution in [0.5, 0.6) is 23.0 Å². The van der Waals surface area contributed by atoms with E-state index in [-0.39, 0.29) is 29.6 Å². The predicted molar refractivity (Wildman–Crippen MR) is 304 cm³/mol. The summed E-state index contributed by atoms with van der Waals surface area (Å²) >= 11 is 1.47. The fourth-order valence-electron chi connectivity index (χ4n) is 10.8. The average Bonchev–Trinajstić information content (AvgIpc) is 4.17. The third kappa shape index (κ3) is 17.1. The zero-order valence-corrected chi connectivity index (χ0v) is 47.0. The number of esters is 2. The molecule has 430 valence electrons. The highest BCUT2D eigenvalue weighted by Gasteiger charge is 2.34. The molecular formula is C63H77NO15S. The third-order valence-electron chi connectivity index (χ3n) is 15.3. The second kappa shape index (κ2) is 31.0. The Hall–Kier alpha value is -6.31. The third-order valence-corrected chi connectivity index (χ3v) is 16.4. The van der Waals surface area contributed by atoms with Crippen molar-refractivity contribution in [3.05, 3.63) is 126 Å². The maximum Gasteiger partial charge on any atom is 0.330 e. The molecule has 2 N–H and O–H groups in total. The summed E-state index contributed by atoms with van der Waals surface area (Å²) in [6.07, 6.45) is 15.3. The predicted octanol–water partition coefficient (Wildman–Crippen LogP) is 15.4. The fourth-order valence-corrected chi connectivity index (χ4v) is 11.9. The van der Waals surface area contributed by atoms with Crippen molar-refractivity contribution in [3.63, 3.8) is 0 Å². The van der Waals surface area contributed by atoms with Gasteiger partial charge in [-0.3, -0.25) is 10.5 Å². The molecule has 2 atom stereocenters. The van der Waals surface area contributed by atoms with Crippen LogP contribution >= 0.6 is 11.3 Å². The molecule has 2 heterocycles. The topological polar surface area (TPSA) is 193 Å². The lowest BCUT2D eigenvalue weighted by Gasteiger charge is -2.32. The highest BCUT2D eigenvalue weighted by atomic mass is 32.1. The molecule has 0 radical (unpaired) electrons. The standard InChI is InChI=1S/C63H77NO15S/c1-5-57(65)71-35-13-9-7-11-33-69-49-25-23-47(24-26-49)60(76-67)46-19-15-45(16-20-46)41-74-79-54-32-31-52(62-59(54)64-63(80-62)56-39-53-43(4)37-42(3)38-55(53)75-56)61(77-68)48-21-17-44(18-22-48)40-73-78-51-29-27-50(28-30-51)70-34-12-8-10-14-36-72-58(66)6-2/h5-6,23-32,37-39,44-46,48,60-61,67-68H,1-2,7-22,33-36,40-41H2,3-4H3. The van der Waals surface area contributed by atoms with Crippen molar-refractivity contribution in [3.8, 4) is 33.8 Å². The molecule has 0 aliphatic heterocycles. The van der Waals surface area contributed by atoms with Gasteiger partial charge < -0.3 is 33.1 Å². The van der Waals surface area contributed by atoms with Crippen LogP contribution in [0.25, 0.3) is 32.0 Å². The Morgan fingerprint density at radius 2 is 1.16 bits per heavy atom. The monoisotopic (exact) mass is 1120 g/mol. The average molecular weight is 1120 g/mol. The quantitative estimate of drug-likeness (QED) is 0.0130. The molecular weight excluding hydrogens is 1040 g/mol. The number of carbonyl (C=O) groups excluding carboxylic acids is 2. The molecule has 16 nitrogen and oxygen atoms in total. The molecule has 0 amide bonds. The van der Waals surface area contributed by atoms with Crippen molar-refractivity contribution >= 4 is 44.5 Å². The number of ether oxygens (including phenoxy) is 4. The van der Waals surface area contributed by atoms with Gasteiger partial charge in [-0.1, -0.05) is 37.4 Å². The van der Waals surface area contributed by atoms with Crippen molar-refractivity contribution in [2.24, 2.45) is 23.7 Å². The van der Waals surface area contributed by atoms with Crippen molar-refractivity contribution in [2.75, 3.05) is 39.6 Å². The van der Waals surface area contributed by atoms with Gasteiger partial charge in [0.2, 0.25) is 0 Å². The van der Waals surface area contributed by atoms with E-state index >= 15 is 0 Å². The van der Waals surface area contributed by atoms with Crippen LogP contribution < -0.4 is 19.2 Å². The largest absolute Gasteiger partial charge is 0.494 e. The minimum atomic E-state index is -0.613. The van der Waals surface area contributed by atoms with Crippen LogP contribution in [-0.4, -0.2) is 67.1 Å². The van der Waals surface area contributed by atoms with Crippen molar-refractivity contribution in [1.29, 1.82) is 0 Å². The number of carbonyl (C=O) groups is 2. The van der Waals surface area contributed by atoms with Gasteiger partial charge in [-0.2, -0.15) is 9.78 Å². The summed E-state index contributed by atoms with van der Waals surface area (Å²) < 4.78 is 29.1. The summed E-state index contributed by atoms with van der Waals surface area (Å²) in [6, 6.07) is 25.1. The first kappa shape index (κ1) is 59.8. The Morgan fingerprint density at radius 1 is 0.637 bits per heavy atom. The number of furan rings is 1. The van der Waals surface area contributed by atoms with Crippen LogP contribution in [0.3, 0.4) is 0 Å². The van der Waals surface area contributed by atoms with Gasteiger partial charge in [-0.25, -0.2) is 24.3 Å². The number of aromatic nitrogens is 1. The van der Waals surface area contributed by atoms with E-state index in [4.69, 9.17) is 57.7 Å². The van der Waals surface area contributed by atoms with Crippen LogP contribution in [0.1, 0.15) is 137 Å². The first-order valence-electron chi connectivity index (χ1n) is 28.3. The van der Waals surface area contributed by atoms with E-state index in [1.165, 1.54) is 23.5 Å². The van der Waals surface area contributed by atoms with Crippen LogP contribution in [0.2, 0.25) is 0 Å². The summed E-state index contributed by atoms with van der Waals surface area (Å²) in [5, 5.41) is 22.4. The number of rotatable bonds is 33. The van der Waals surface area contributed by atoms with Gasteiger partial charge in [0.15, 0.2) is 22.3 Å². The summed E-state index contributed by atoms with van der Waals surface area (Å²) in [5.41, 5.74) is 5.33. The number of hydrogen-bond donors (Lipinski definition) is 2. The Balaban J connectivity index is 0.815. The van der Waals surface area contributed by atoms with Crippen molar-refractivity contribution in [2.45, 2.75) is 129 Å². The fraction of sp³-hybridized carbons (Fsp3) is 0.476. The van der Waals surface area contributed by atoms with Gasteiger partial charge in [0.25, 0.3) is 0 Å². The van der Waals surface area contributed by atoms with Crippen LogP contribution in [-0.2, 0) is 38.6 Å². The molecule has 2 fully saturated rings. The van der Waals surface area contributed by atoms with E-state index in [9.17, 15) is 20.1 Å². The van der Waals surface area contributed by atoms with Crippen LogP contribution in [0.4, 0.5) is 0 Å². The number of fused-ring (bicyclic) bond motifs is 2. The summed E-state index contributed by atoms with van der Waals surface area (Å²) in [4.78, 5) is 61.5. The molecule has 4 aromatic carbocycles. The van der Waals surface area contributed by atoms with Gasteiger partial charge in [0, 0.05) is 23.1 Å². The highest BCUT2D eigenvalue weighted by Crippen LogP contribution is 2.46. The molecule has 2 saturated carbocycles. The lowest BCUT2D eigenvalue weighted by Crippen LogP contribution is -2.25. The first-order chi connectivity index (χ1) is 39.1. The van der Waals surface area contributed by atoms with E-state index in [0.29, 0.717) is 67.4 Å². The molecule has 17 heteroatoms. The molecule has 2 aromatic heterocycles. The smallest absolute Gasteiger partial charge is 0.330 e. The van der Waals surface area contributed by atoms with Crippen molar-refractivity contribution < 1.29 is 72.8 Å². The zero-order valence-electron chi connectivity index (χ0n) is 46.2. The minimum Gasteiger partial charge on any atom is -0.494 e. The van der Waals surface area contributed by atoms with Gasteiger partial charge in [0.1, 0.15) is 34.8 Å². The van der Waals surface area contributed by atoms with E-state index in [1.54, 1.807) is 0 Å². The molecule has 8 rings (SSSR count). The molecule has 2 unspecified atom stereocenters. The highest BCUT2D eigenvalue weighted by molar-refractivity contribution is 7.21. The Morgan fingerprint density at radius 3 is 1.73 bits per heavy atom. The van der Waals surface area contributed by atoms with Gasteiger partial charge >= 0.3 is 11.9 Å². The van der Waals surface area contributed by atoms with E-state index < -0.39 is 18.2 Å². The minimum absolute atomic E-state index is 0.0285. The van der Waals surface area contributed by atoms with Gasteiger partial charge in [-0.05, 0) is 212 Å². The van der Waals surface area contributed by atoms with Gasteiger partial charge in [-0.15, -0.1) is 11.3 Å². The second-order valence-electron chi connectivity index (χ2n) is 21.1. The number of thiazole rings is 1. The van der Waals surface area contributed by atoms with Gasteiger partial charge in [0.05, 0.1) is 44.3 Å². The summed E-state index contributed by atoms with van der Waals surface area (Å²) in [7, 11) is 0. The van der Waals surface area contributed by atoms with E-state index in [2.05, 4.69) is 33.1 Å². The number of aryl methyl sites for hydroxylation is 2.